The molecular formula is C17H28N4O7. The third-order valence-electron chi connectivity index (χ3n) is 3.43. The number of carbonyl (C=O) groups is 4. The van der Waals surface area contributed by atoms with Gasteiger partial charge in [-0.25, -0.2) is 9.59 Å². The van der Waals surface area contributed by atoms with Gasteiger partial charge in [0.05, 0.1) is 20.3 Å². The van der Waals surface area contributed by atoms with Crippen LogP contribution < -0.4 is 21.7 Å². The molecule has 0 saturated carbocycles. The molecule has 11 nitrogen and oxygen atoms in total. The predicted octanol–water partition coefficient (Wildman–Crippen LogP) is -1.08. The molecule has 0 unspecified atom stereocenters. The Hall–Kier alpha value is -2.66. The van der Waals surface area contributed by atoms with E-state index in [-0.39, 0.29) is 19.6 Å². The van der Waals surface area contributed by atoms with Crippen molar-refractivity contribution in [3.05, 3.63) is 12.2 Å². The lowest BCUT2D eigenvalue weighted by Gasteiger charge is -2.24. The van der Waals surface area contributed by atoms with Crippen molar-refractivity contribution in [2.24, 2.45) is 5.73 Å². The number of alkyl carbamates (subject to hydrolysis) is 1. The molecule has 0 spiro atoms. The Labute approximate surface area is 163 Å². The number of ether oxygens (including phenoxy) is 3. The average Bonchev–Trinajstić information content (AvgIpc) is 2.59. The summed E-state index contributed by atoms with van der Waals surface area (Å²) in [5, 5.41) is 7.05. The molecular weight excluding hydrogens is 372 g/mol. The largest absolute Gasteiger partial charge is 0.467 e. The summed E-state index contributed by atoms with van der Waals surface area (Å²) in [6.07, 6.45) is 1.12. The van der Waals surface area contributed by atoms with Crippen LogP contribution in [0.15, 0.2) is 12.2 Å². The van der Waals surface area contributed by atoms with E-state index in [4.69, 9.17) is 15.2 Å². The lowest BCUT2D eigenvalue weighted by Crippen LogP contribution is -2.60. The van der Waals surface area contributed by atoms with E-state index in [1.165, 1.54) is 7.11 Å². The molecule has 5 N–H and O–H groups in total. The van der Waals surface area contributed by atoms with Crippen molar-refractivity contribution < 1.29 is 33.4 Å². The standard InChI is InChI=1S/C17H28N4O7/c1-17(2,3)28-16(25)20-11-9-27-8-6-5-7-10(15(24)26-4)19-14(23)12(18)21-13(11)22/h5-6,10-12H,7-9,18H2,1-4H3,(H,19,23)(H,20,25)(H,21,22)/b6-5+/t10-,11-,12+/m0/s1. The van der Waals surface area contributed by atoms with E-state index < -0.39 is 47.7 Å². The maximum Gasteiger partial charge on any atom is 0.408 e. The van der Waals surface area contributed by atoms with Crippen molar-refractivity contribution in [3.8, 4) is 0 Å². The summed E-state index contributed by atoms with van der Waals surface area (Å²) >= 11 is 0. The Morgan fingerprint density at radius 1 is 1.21 bits per heavy atom. The summed E-state index contributed by atoms with van der Waals surface area (Å²) in [5.41, 5.74) is 4.93. The van der Waals surface area contributed by atoms with Crippen LogP contribution in [0.3, 0.4) is 0 Å². The first-order valence-corrected chi connectivity index (χ1v) is 8.70. The first-order valence-electron chi connectivity index (χ1n) is 8.70. The quantitative estimate of drug-likeness (QED) is 0.336. The van der Waals surface area contributed by atoms with Crippen molar-refractivity contribution in [2.45, 2.75) is 51.0 Å². The molecule has 0 fully saturated rings. The van der Waals surface area contributed by atoms with Crippen LogP contribution in [-0.4, -0.2) is 68.1 Å². The average molecular weight is 400 g/mol. The Kier molecular flexibility index (Phi) is 8.86. The normalized spacial score (nSPS) is 25.7. The topological polar surface area (TPSA) is 158 Å². The van der Waals surface area contributed by atoms with Crippen molar-refractivity contribution in [2.75, 3.05) is 20.3 Å². The van der Waals surface area contributed by atoms with Gasteiger partial charge in [-0.15, -0.1) is 0 Å². The summed E-state index contributed by atoms with van der Waals surface area (Å²) < 4.78 is 15.1. The number of hydrogen-bond donors (Lipinski definition) is 4. The molecule has 0 aromatic carbocycles. The summed E-state index contributed by atoms with van der Waals surface area (Å²) in [5.74, 6) is -2.18. The molecule has 1 aliphatic rings. The van der Waals surface area contributed by atoms with E-state index in [2.05, 4.69) is 20.7 Å². The molecule has 0 aliphatic carbocycles. The van der Waals surface area contributed by atoms with E-state index in [0.29, 0.717) is 0 Å². The van der Waals surface area contributed by atoms with Crippen LogP contribution >= 0.6 is 0 Å². The van der Waals surface area contributed by atoms with Crippen LogP contribution in [0.2, 0.25) is 0 Å². The van der Waals surface area contributed by atoms with Crippen LogP contribution in [0.4, 0.5) is 4.79 Å². The third-order valence-corrected chi connectivity index (χ3v) is 3.43. The number of rotatable bonds is 2. The van der Waals surface area contributed by atoms with Gasteiger partial charge >= 0.3 is 12.1 Å². The molecule has 0 aromatic rings. The first kappa shape index (κ1) is 23.4. The molecule has 158 valence electrons. The molecule has 28 heavy (non-hydrogen) atoms. The van der Waals surface area contributed by atoms with Crippen LogP contribution in [0, 0.1) is 0 Å². The van der Waals surface area contributed by atoms with Gasteiger partial charge in [-0.2, -0.15) is 0 Å². The predicted molar refractivity (Wildman–Crippen MR) is 97.8 cm³/mol. The first-order chi connectivity index (χ1) is 13.0. The fraction of sp³-hybridized carbons (Fsp3) is 0.647. The summed E-state index contributed by atoms with van der Waals surface area (Å²) in [6.45, 7) is 4.97. The van der Waals surface area contributed by atoms with Crippen LogP contribution in [0.1, 0.15) is 27.2 Å². The second kappa shape index (κ2) is 10.6. The number of nitrogens with one attached hydrogen (secondary N) is 3. The second-order valence-electron chi connectivity index (χ2n) is 7.01. The van der Waals surface area contributed by atoms with Gasteiger partial charge in [-0.3, -0.25) is 9.59 Å². The highest BCUT2D eigenvalue weighted by atomic mass is 16.6. The van der Waals surface area contributed by atoms with Gasteiger partial charge < -0.3 is 35.9 Å². The minimum absolute atomic E-state index is 0.119. The number of carbonyl (C=O) groups excluding carboxylic acids is 4. The zero-order valence-corrected chi connectivity index (χ0v) is 16.4. The molecule has 0 aromatic heterocycles. The van der Waals surface area contributed by atoms with Gasteiger partial charge in [0.15, 0.2) is 6.17 Å². The minimum atomic E-state index is -1.45. The van der Waals surface area contributed by atoms with Gasteiger partial charge in [-0.1, -0.05) is 12.2 Å². The van der Waals surface area contributed by atoms with Crippen LogP contribution in [-0.2, 0) is 28.6 Å². The highest BCUT2D eigenvalue weighted by Crippen LogP contribution is 2.07. The number of amides is 3. The molecule has 0 bridgehead atoms. The fourth-order valence-electron chi connectivity index (χ4n) is 2.12. The number of methoxy groups -OCH3 is 1. The van der Waals surface area contributed by atoms with Crippen molar-refractivity contribution in [1.82, 2.24) is 16.0 Å². The zero-order valence-electron chi connectivity index (χ0n) is 16.4. The minimum Gasteiger partial charge on any atom is -0.467 e. The van der Waals surface area contributed by atoms with Crippen LogP contribution in [0.5, 0.6) is 0 Å². The van der Waals surface area contributed by atoms with Gasteiger partial charge in [0.25, 0.3) is 5.91 Å². The molecule has 1 rings (SSSR count). The molecule has 0 radical (unpaired) electrons. The van der Waals surface area contributed by atoms with Crippen molar-refractivity contribution in [1.29, 1.82) is 0 Å². The Morgan fingerprint density at radius 3 is 2.50 bits per heavy atom. The van der Waals surface area contributed by atoms with Crippen LogP contribution in [0.25, 0.3) is 0 Å². The van der Waals surface area contributed by atoms with Gasteiger partial charge in [0, 0.05) is 0 Å². The number of esters is 1. The smallest absolute Gasteiger partial charge is 0.408 e. The monoisotopic (exact) mass is 400 g/mol. The highest BCUT2D eigenvalue weighted by Gasteiger charge is 2.29. The van der Waals surface area contributed by atoms with E-state index >= 15 is 0 Å². The third kappa shape index (κ3) is 8.35. The molecule has 1 heterocycles. The van der Waals surface area contributed by atoms with Gasteiger partial charge in [-0.05, 0) is 27.2 Å². The van der Waals surface area contributed by atoms with E-state index in [1.54, 1.807) is 32.9 Å². The lowest BCUT2D eigenvalue weighted by molar-refractivity contribution is -0.145. The molecule has 0 saturated heterocycles. The van der Waals surface area contributed by atoms with Crippen molar-refractivity contribution in [3.63, 3.8) is 0 Å². The highest BCUT2D eigenvalue weighted by molar-refractivity contribution is 5.92. The molecule has 3 amide bonds. The Bertz CT molecular complexity index is 615. The fourth-order valence-corrected chi connectivity index (χ4v) is 2.12. The SMILES string of the molecule is COC(=O)[C@@H]1C/C=C/COC[C@H](NC(=O)OC(C)(C)C)C(=O)N[C@@H](N)C(=O)N1. The van der Waals surface area contributed by atoms with Crippen molar-refractivity contribution >= 4 is 23.9 Å². The molecule has 11 heteroatoms. The number of hydrogen-bond acceptors (Lipinski definition) is 8. The number of nitrogens with two attached hydrogens (primary N) is 1. The molecule has 1 aliphatic heterocycles. The van der Waals surface area contributed by atoms with E-state index in [9.17, 15) is 19.2 Å². The Morgan fingerprint density at radius 2 is 1.89 bits per heavy atom. The van der Waals surface area contributed by atoms with Gasteiger partial charge in [0.2, 0.25) is 5.91 Å². The zero-order chi connectivity index (χ0) is 21.3. The summed E-state index contributed by atoms with van der Waals surface area (Å²) in [7, 11) is 1.19. The maximum absolute atomic E-state index is 12.4. The van der Waals surface area contributed by atoms with E-state index in [0.717, 1.165) is 0 Å². The summed E-state index contributed by atoms with van der Waals surface area (Å²) in [4.78, 5) is 48.3. The Balaban J connectivity index is 2.88. The second-order valence-corrected chi connectivity index (χ2v) is 7.01. The molecule has 3 atom stereocenters. The maximum atomic E-state index is 12.4. The lowest BCUT2D eigenvalue weighted by atomic mass is 10.2. The summed E-state index contributed by atoms with van der Waals surface area (Å²) in [6, 6.07) is -2.10. The van der Waals surface area contributed by atoms with E-state index in [1.807, 2.05) is 0 Å². The van der Waals surface area contributed by atoms with Gasteiger partial charge in [0.1, 0.15) is 17.7 Å².